The van der Waals surface area contributed by atoms with Crippen LogP contribution in [-0.2, 0) is 6.54 Å². The van der Waals surface area contributed by atoms with Crippen molar-refractivity contribution in [2.75, 3.05) is 0 Å². The normalized spacial score (nSPS) is 10.9. The predicted molar refractivity (Wildman–Crippen MR) is 77.7 cm³/mol. The third-order valence-electron chi connectivity index (χ3n) is 3.60. The second kappa shape index (κ2) is 4.89. The zero-order valence-corrected chi connectivity index (χ0v) is 11.5. The van der Waals surface area contributed by atoms with E-state index in [2.05, 4.69) is 17.2 Å². The van der Waals surface area contributed by atoms with Gasteiger partial charge in [-0.3, -0.25) is 4.79 Å². The molecular weight excluding hydrogens is 252 g/mol. The quantitative estimate of drug-likeness (QED) is 0.765. The zero-order valence-electron chi connectivity index (χ0n) is 11.5. The number of aryl methyl sites for hydroxylation is 2. The highest BCUT2D eigenvalue weighted by molar-refractivity contribution is 5.99. The first-order valence-electron chi connectivity index (χ1n) is 6.53. The molecule has 0 saturated carbocycles. The summed E-state index contributed by atoms with van der Waals surface area (Å²) in [6.45, 7) is 4.56. The Morgan fingerprint density at radius 1 is 1.30 bits per heavy atom. The van der Waals surface area contributed by atoms with Crippen molar-refractivity contribution < 1.29 is 9.21 Å². The summed E-state index contributed by atoms with van der Waals surface area (Å²) in [6.07, 6.45) is 3.22. The summed E-state index contributed by atoms with van der Waals surface area (Å²) >= 11 is 0. The van der Waals surface area contributed by atoms with Crippen molar-refractivity contribution in [3.63, 3.8) is 0 Å². The average Bonchev–Trinajstić information content (AvgIpc) is 3.06. The number of aromatic amines is 1. The van der Waals surface area contributed by atoms with E-state index in [9.17, 15) is 4.79 Å². The lowest BCUT2D eigenvalue weighted by molar-refractivity contribution is 0.0951. The molecule has 2 heterocycles. The highest BCUT2D eigenvalue weighted by Crippen LogP contribution is 2.22. The number of furan rings is 1. The number of hydrogen-bond acceptors (Lipinski definition) is 2. The Kier molecular flexibility index (Phi) is 3.06. The Hall–Kier alpha value is -2.49. The molecule has 3 rings (SSSR count). The number of carbonyl (C=O) groups excluding carboxylic acids is 1. The van der Waals surface area contributed by atoms with Gasteiger partial charge in [0.15, 0.2) is 0 Å². The minimum atomic E-state index is -0.0775. The van der Waals surface area contributed by atoms with Gasteiger partial charge in [0.2, 0.25) is 0 Å². The lowest BCUT2D eigenvalue weighted by Gasteiger charge is -2.04. The maximum absolute atomic E-state index is 12.1. The molecule has 0 aliphatic rings. The first kappa shape index (κ1) is 12.5. The SMILES string of the molecule is Cc1[nH]c2ccc(C(=O)NCc3ccoc3)cc2c1C. The van der Waals surface area contributed by atoms with E-state index in [-0.39, 0.29) is 5.91 Å². The molecule has 2 aromatic heterocycles. The fourth-order valence-corrected chi connectivity index (χ4v) is 2.28. The summed E-state index contributed by atoms with van der Waals surface area (Å²) in [7, 11) is 0. The van der Waals surface area contributed by atoms with Crippen LogP contribution >= 0.6 is 0 Å². The molecule has 1 aromatic carbocycles. The standard InChI is InChI=1S/C16H16N2O2/c1-10-11(2)18-15-4-3-13(7-14(10)15)16(19)17-8-12-5-6-20-9-12/h3-7,9,18H,8H2,1-2H3,(H,17,19). The molecule has 0 radical (unpaired) electrons. The van der Waals surface area contributed by atoms with Crippen LogP contribution in [0.2, 0.25) is 0 Å². The molecule has 0 aliphatic heterocycles. The molecule has 3 aromatic rings. The number of amides is 1. The van der Waals surface area contributed by atoms with Crippen molar-refractivity contribution in [3.05, 3.63) is 59.2 Å². The number of H-pyrrole nitrogens is 1. The molecule has 20 heavy (non-hydrogen) atoms. The van der Waals surface area contributed by atoms with Gasteiger partial charge in [0.05, 0.1) is 12.5 Å². The van der Waals surface area contributed by atoms with Crippen LogP contribution in [0.25, 0.3) is 10.9 Å². The number of benzene rings is 1. The first-order chi connectivity index (χ1) is 9.65. The minimum Gasteiger partial charge on any atom is -0.472 e. The molecule has 0 aliphatic carbocycles. The van der Waals surface area contributed by atoms with Crippen LogP contribution in [0, 0.1) is 13.8 Å². The van der Waals surface area contributed by atoms with Crippen molar-refractivity contribution in [2.24, 2.45) is 0 Å². The Balaban J connectivity index is 1.82. The largest absolute Gasteiger partial charge is 0.472 e. The maximum Gasteiger partial charge on any atom is 0.251 e. The van der Waals surface area contributed by atoms with Crippen molar-refractivity contribution in [3.8, 4) is 0 Å². The van der Waals surface area contributed by atoms with Crippen LogP contribution in [0.3, 0.4) is 0 Å². The first-order valence-corrected chi connectivity index (χ1v) is 6.53. The number of hydrogen-bond donors (Lipinski definition) is 2. The second-order valence-electron chi connectivity index (χ2n) is 4.95. The molecule has 1 amide bonds. The third-order valence-corrected chi connectivity index (χ3v) is 3.60. The predicted octanol–water partition coefficient (Wildman–Crippen LogP) is 3.31. The Bertz CT molecular complexity index is 754. The van der Waals surface area contributed by atoms with Crippen LogP contribution < -0.4 is 5.32 Å². The topological polar surface area (TPSA) is 58.0 Å². The second-order valence-corrected chi connectivity index (χ2v) is 4.95. The van der Waals surface area contributed by atoms with Gasteiger partial charge in [-0.05, 0) is 43.7 Å². The summed E-state index contributed by atoms with van der Waals surface area (Å²) in [5, 5.41) is 3.98. The summed E-state index contributed by atoms with van der Waals surface area (Å²) in [4.78, 5) is 15.5. The van der Waals surface area contributed by atoms with Gasteiger partial charge in [-0.25, -0.2) is 0 Å². The summed E-state index contributed by atoms with van der Waals surface area (Å²) in [5.41, 5.74) is 5.00. The highest BCUT2D eigenvalue weighted by atomic mass is 16.3. The summed E-state index contributed by atoms with van der Waals surface area (Å²) in [5.74, 6) is -0.0775. The average molecular weight is 268 g/mol. The van der Waals surface area contributed by atoms with E-state index in [0.717, 1.165) is 22.2 Å². The number of aromatic nitrogens is 1. The van der Waals surface area contributed by atoms with Gasteiger partial charge < -0.3 is 14.7 Å². The van der Waals surface area contributed by atoms with Crippen molar-refractivity contribution in [1.29, 1.82) is 0 Å². The number of nitrogens with one attached hydrogen (secondary N) is 2. The van der Waals surface area contributed by atoms with Gasteiger partial charge in [0.25, 0.3) is 5.91 Å². The summed E-state index contributed by atoms with van der Waals surface area (Å²) in [6, 6.07) is 7.55. The van der Waals surface area contributed by atoms with E-state index in [1.807, 2.05) is 31.2 Å². The van der Waals surface area contributed by atoms with Gasteiger partial charge in [-0.2, -0.15) is 0 Å². The Morgan fingerprint density at radius 2 is 2.15 bits per heavy atom. The molecule has 0 spiro atoms. The van der Waals surface area contributed by atoms with Crippen LogP contribution in [0.4, 0.5) is 0 Å². The molecule has 2 N–H and O–H groups in total. The molecule has 4 nitrogen and oxygen atoms in total. The van der Waals surface area contributed by atoms with Gasteiger partial charge in [0, 0.05) is 34.3 Å². The zero-order chi connectivity index (χ0) is 14.1. The van der Waals surface area contributed by atoms with Gasteiger partial charge >= 0.3 is 0 Å². The summed E-state index contributed by atoms with van der Waals surface area (Å²) < 4.78 is 4.97. The molecule has 102 valence electrons. The molecule has 0 saturated heterocycles. The van der Waals surface area contributed by atoms with Gasteiger partial charge in [-0.1, -0.05) is 0 Å². The number of carbonyl (C=O) groups is 1. The number of rotatable bonds is 3. The fourth-order valence-electron chi connectivity index (χ4n) is 2.28. The minimum absolute atomic E-state index is 0.0775. The van der Waals surface area contributed by atoms with Gasteiger partial charge in [-0.15, -0.1) is 0 Å². The van der Waals surface area contributed by atoms with E-state index in [4.69, 9.17) is 4.42 Å². The Labute approximate surface area is 116 Å². The molecule has 4 heteroatoms. The van der Waals surface area contributed by atoms with Crippen LogP contribution in [0.1, 0.15) is 27.2 Å². The molecule has 0 bridgehead atoms. The van der Waals surface area contributed by atoms with Crippen LogP contribution in [0.5, 0.6) is 0 Å². The van der Waals surface area contributed by atoms with Crippen molar-refractivity contribution in [2.45, 2.75) is 20.4 Å². The van der Waals surface area contributed by atoms with Crippen molar-refractivity contribution in [1.82, 2.24) is 10.3 Å². The lowest BCUT2D eigenvalue weighted by atomic mass is 10.1. The molecule has 0 atom stereocenters. The fraction of sp³-hybridized carbons (Fsp3) is 0.188. The molecular formula is C16H16N2O2. The van der Waals surface area contributed by atoms with E-state index in [1.165, 1.54) is 5.56 Å². The molecule has 0 fully saturated rings. The maximum atomic E-state index is 12.1. The van der Waals surface area contributed by atoms with E-state index >= 15 is 0 Å². The smallest absolute Gasteiger partial charge is 0.251 e. The monoisotopic (exact) mass is 268 g/mol. The number of fused-ring (bicyclic) bond motifs is 1. The highest BCUT2D eigenvalue weighted by Gasteiger charge is 2.09. The van der Waals surface area contributed by atoms with E-state index in [1.54, 1.807) is 12.5 Å². The van der Waals surface area contributed by atoms with Crippen LogP contribution in [-0.4, -0.2) is 10.9 Å². The lowest BCUT2D eigenvalue weighted by Crippen LogP contribution is -2.22. The third kappa shape index (κ3) is 2.20. The van der Waals surface area contributed by atoms with Gasteiger partial charge in [0.1, 0.15) is 0 Å². The van der Waals surface area contributed by atoms with Crippen LogP contribution in [0.15, 0.2) is 41.2 Å². The Morgan fingerprint density at radius 3 is 2.90 bits per heavy atom. The van der Waals surface area contributed by atoms with E-state index < -0.39 is 0 Å². The van der Waals surface area contributed by atoms with E-state index in [0.29, 0.717) is 12.1 Å². The van der Waals surface area contributed by atoms with Crippen molar-refractivity contribution >= 4 is 16.8 Å². The molecule has 0 unspecified atom stereocenters.